The van der Waals surface area contributed by atoms with Gasteiger partial charge in [-0.2, -0.15) is 5.26 Å². The van der Waals surface area contributed by atoms with E-state index in [2.05, 4.69) is 0 Å². The molecule has 0 fully saturated rings. The van der Waals surface area contributed by atoms with Gasteiger partial charge in [-0.1, -0.05) is 11.3 Å². The Morgan fingerprint density at radius 3 is 2.80 bits per heavy atom. The lowest BCUT2D eigenvalue weighted by Gasteiger charge is -1.86. The van der Waals surface area contributed by atoms with Crippen LogP contribution in [0.3, 0.4) is 0 Å². The van der Waals surface area contributed by atoms with Gasteiger partial charge in [-0.05, 0) is 11.6 Å². The van der Waals surface area contributed by atoms with Crippen molar-refractivity contribution in [1.29, 1.82) is 5.26 Å². The normalized spacial score (nSPS) is 10.7. The van der Waals surface area contributed by atoms with Crippen molar-refractivity contribution in [2.75, 3.05) is 0 Å². The molecule has 0 aliphatic heterocycles. The van der Waals surface area contributed by atoms with Crippen LogP contribution in [0.1, 0.15) is 5.56 Å². The van der Waals surface area contributed by atoms with Gasteiger partial charge in [-0.25, -0.2) is 4.79 Å². The number of hydrogen-bond donors (Lipinski definition) is 1. The van der Waals surface area contributed by atoms with Crippen molar-refractivity contribution < 1.29 is 14.8 Å². The summed E-state index contributed by atoms with van der Waals surface area (Å²) in [5, 5.41) is 28.6. The van der Waals surface area contributed by atoms with E-state index in [-0.39, 0.29) is 5.00 Å². The second-order valence-corrected chi connectivity index (χ2v) is 3.34. The van der Waals surface area contributed by atoms with Crippen LogP contribution >= 0.6 is 11.3 Å². The molecule has 7 heteroatoms. The molecule has 0 spiro atoms. The van der Waals surface area contributed by atoms with Crippen molar-refractivity contribution >= 4 is 28.4 Å². The molecule has 0 saturated heterocycles. The highest BCUT2D eigenvalue weighted by atomic mass is 32.1. The second kappa shape index (κ2) is 4.34. The molecule has 1 aromatic rings. The zero-order valence-electron chi connectivity index (χ0n) is 7.21. The van der Waals surface area contributed by atoms with Gasteiger partial charge in [-0.3, -0.25) is 10.1 Å². The first kappa shape index (κ1) is 10.9. The molecule has 0 bridgehead atoms. The predicted molar refractivity (Wildman–Crippen MR) is 52.2 cm³/mol. The number of aliphatic carboxylic acids is 1. The Kier molecular flexibility index (Phi) is 3.15. The molecule has 1 aromatic heterocycles. The fourth-order valence-electron chi connectivity index (χ4n) is 0.819. The highest BCUT2D eigenvalue weighted by Gasteiger charge is 2.11. The first-order chi connectivity index (χ1) is 7.04. The van der Waals surface area contributed by atoms with E-state index in [1.165, 1.54) is 17.5 Å². The van der Waals surface area contributed by atoms with Crippen LogP contribution in [-0.2, 0) is 4.79 Å². The Morgan fingerprint density at radius 1 is 1.73 bits per heavy atom. The van der Waals surface area contributed by atoms with Crippen molar-refractivity contribution in [3.63, 3.8) is 0 Å². The van der Waals surface area contributed by atoms with Gasteiger partial charge < -0.3 is 5.11 Å². The molecule has 1 N–H and O–H groups in total. The Bertz CT molecular complexity index is 483. The summed E-state index contributed by atoms with van der Waals surface area (Å²) < 4.78 is 0. The van der Waals surface area contributed by atoms with Crippen molar-refractivity contribution in [3.8, 4) is 6.07 Å². The summed E-state index contributed by atoms with van der Waals surface area (Å²) >= 11 is 0.876. The van der Waals surface area contributed by atoms with Crippen LogP contribution in [0.25, 0.3) is 6.08 Å². The average molecular weight is 224 g/mol. The van der Waals surface area contributed by atoms with E-state index in [1.54, 1.807) is 0 Å². The van der Waals surface area contributed by atoms with Gasteiger partial charge in [0.15, 0.2) is 0 Å². The molecular weight excluding hydrogens is 220 g/mol. The number of nitrogens with zero attached hydrogens (tertiary/aromatic N) is 2. The van der Waals surface area contributed by atoms with Gasteiger partial charge in [0.25, 0.3) is 0 Å². The fraction of sp³-hybridized carbons (Fsp3) is 0. The standard InChI is InChI=1S/C8H4N2O4S/c9-3-6(8(11)12)1-5-2-7(10(13)14)15-4-5/h1-2,4H,(H,11,12). The summed E-state index contributed by atoms with van der Waals surface area (Å²) in [7, 11) is 0. The number of hydrogen-bond acceptors (Lipinski definition) is 5. The summed E-state index contributed by atoms with van der Waals surface area (Å²) in [5.74, 6) is -1.36. The van der Waals surface area contributed by atoms with Gasteiger partial charge in [0.1, 0.15) is 11.6 Å². The van der Waals surface area contributed by atoms with Crippen LogP contribution < -0.4 is 0 Å². The van der Waals surface area contributed by atoms with Crippen molar-refractivity contribution in [2.24, 2.45) is 0 Å². The molecule has 76 valence electrons. The van der Waals surface area contributed by atoms with E-state index in [0.717, 1.165) is 17.4 Å². The zero-order chi connectivity index (χ0) is 11.4. The van der Waals surface area contributed by atoms with Crippen molar-refractivity contribution in [3.05, 3.63) is 32.7 Å². The molecule has 0 saturated carbocycles. The van der Waals surface area contributed by atoms with Crippen molar-refractivity contribution in [2.45, 2.75) is 0 Å². The van der Waals surface area contributed by atoms with E-state index < -0.39 is 16.5 Å². The molecule has 0 unspecified atom stereocenters. The lowest BCUT2D eigenvalue weighted by atomic mass is 10.2. The topological polar surface area (TPSA) is 104 Å². The maximum absolute atomic E-state index is 10.5. The minimum absolute atomic E-state index is 0.0936. The fourth-order valence-corrected chi connectivity index (χ4v) is 1.50. The van der Waals surface area contributed by atoms with E-state index in [9.17, 15) is 14.9 Å². The Morgan fingerprint density at radius 2 is 2.40 bits per heavy atom. The molecule has 1 heterocycles. The third kappa shape index (κ3) is 2.62. The van der Waals surface area contributed by atoms with Gasteiger partial charge in [0, 0.05) is 11.4 Å². The number of carboxylic acids is 1. The highest BCUT2D eigenvalue weighted by Crippen LogP contribution is 2.24. The molecule has 6 nitrogen and oxygen atoms in total. The Balaban J connectivity index is 3.04. The van der Waals surface area contributed by atoms with Crippen LogP contribution in [0.4, 0.5) is 5.00 Å². The first-order valence-electron chi connectivity index (χ1n) is 3.62. The van der Waals surface area contributed by atoms with Gasteiger partial charge in [0.05, 0.1) is 4.92 Å². The zero-order valence-corrected chi connectivity index (χ0v) is 8.02. The van der Waals surface area contributed by atoms with E-state index in [0.29, 0.717) is 5.56 Å². The lowest BCUT2D eigenvalue weighted by Crippen LogP contribution is -1.96. The second-order valence-electron chi connectivity index (χ2n) is 2.45. The number of carboxylic acid groups (broad SMARTS) is 1. The van der Waals surface area contributed by atoms with E-state index >= 15 is 0 Å². The van der Waals surface area contributed by atoms with E-state index in [4.69, 9.17) is 10.4 Å². The maximum Gasteiger partial charge on any atom is 0.346 e. The summed E-state index contributed by atoms with van der Waals surface area (Å²) in [6.45, 7) is 0. The maximum atomic E-state index is 10.5. The Labute approximate surface area is 87.8 Å². The minimum Gasteiger partial charge on any atom is -0.477 e. The summed E-state index contributed by atoms with van der Waals surface area (Å²) in [5.41, 5.74) is -0.117. The molecule has 0 atom stereocenters. The number of thiophene rings is 1. The predicted octanol–water partition coefficient (Wildman–Crippen LogP) is 1.65. The largest absolute Gasteiger partial charge is 0.477 e. The monoisotopic (exact) mass is 224 g/mol. The number of nitriles is 1. The lowest BCUT2D eigenvalue weighted by molar-refractivity contribution is -0.380. The van der Waals surface area contributed by atoms with Crippen molar-refractivity contribution in [1.82, 2.24) is 0 Å². The molecule has 0 amide bonds. The highest BCUT2D eigenvalue weighted by molar-refractivity contribution is 7.13. The van der Waals surface area contributed by atoms with Crippen LogP contribution in [0.15, 0.2) is 17.0 Å². The van der Waals surface area contributed by atoms with Gasteiger partial charge in [0.2, 0.25) is 0 Å². The summed E-state index contributed by atoms with van der Waals surface area (Å²) in [4.78, 5) is 20.2. The van der Waals surface area contributed by atoms with Crippen LogP contribution in [0, 0.1) is 21.4 Å². The third-order valence-corrected chi connectivity index (χ3v) is 2.35. The molecule has 0 aliphatic rings. The molecular formula is C8H4N2O4S. The molecule has 0 radical (unpaired) electrons. The smallest absolute Gasteiger partial charge is 0.346 e. The molecule has 0 aliphatic carbocycles. The average Bonchev–Trinajstić information content (AvgIpc) is 2.61. The first-order valence-corrected chi connectivity index (χ1v) is 4.50. The number of rotatable bonds is 3. The van der Waals surface area contributed by atoms with Gasteiger partial charge >= 0.3 is 11.0 Å². The SMILES string of the molecule is N#CC(=Cc1csc([N+](=O)[O-])c1)C(=O)O. The van der Waals surface area contributed by atoms with Crippen LogP contribution in [0.5, 0.6) is 0 Å². The Hall–Kier alpha value is -2.20. The molecule has 1 rings (SSSR count). The molecule has 0 aromatic carbocycles. The quantitative estimate of drug-likeness (QED) is 0.363. The summed E-state index contributed by atoms with van der Waals surface area (Å²) in [6, 6.07) is 2.70. The van der Waals surface area contributed by atoms with Crippen LogP contribution in [-0.4, -0.2) is 16.0 Å². The van der Waals surface area contributed by atoms with Crippen LogP contribution in [0.2, 0.25) is 0 Å². The number of nitro groups is 1. The minimum atomic E-state index is -1.36. The van der Waals surface area contributed by atoms with E-state index in [1.807, 2.05) is 0 Å². The third-order valence-electron chi connectivity index (χ3n) is 1.45. The van der Waals surface area contributed by atoms with Gasteiger partial charge in [-0.15, -0.1) is 0 Å². The number of carbonyl (C=O) groups is 1. The molecule has 15 heavy (non-hydrogen) atoms. The summed E-state index contributed by atoms with van der Waals surface area (Å²) in [6.07, 6.45) is 1.09.